The molecule has 8 nitrogen and oxygen atoms in total. The van der Waals surface area contributed by atoms with Gasteiger partial charge in [-0.3, -0.25) is 19.6 Å². The molecule has 0 bridgehead atoms. The number of nitro groups is 1. The lowest BCUT2D eigenvalue weighted by atomic mass is 10.3. The van der Waals surface area contributed by atoms with Crippen LogP contribution in [0.5, 0.6) is 0 Å². The molecule has 9 heteroatoms. The van der Waals surface area contributed by atoms with Gasteiger partial charge in [-0.25, -0.2) is 0 Å². The SMILES string of the molecule is Cc1cc(C(=O)N=c2sc3ccc([N+](=O)[O-])cc3n2C)nn1C. The number of non-ortho nitro benzene ring substituents is 1. The van der Waals surface area contributed by atoms with Gasteiger partial charge in [-0.15, -0.1) is 0 Å². The molecule has 0 spiro atoms. The van der Waals surface area contributed by atoms with E-state index < -0.39 is 10.8 Å². The van der Waals surface area contributed by atoms with Gasteiger partial charge in [0.05, 0.1) is 15.1 Å². The van der Waals surface area contributed by atoms with Crippen LogP contribution in [0.4, 0.5) is 5.69 Å². The molecule has 2 heterocycles. The third kappa shape index (κ3) is 2.66. The van der Waals surface area contributed by atoms with Gasteiger partial charge < -0.3 is 4.57 Å². The number of amides is 1. The molecule has 1 amide bonds. The van der Waals surface area contributed by atoms with Crippen molar-refractivity contribution in [3.63, 3.8) is 0 Å². The number of benzene rings is 1. The summed E-state index contributed by atoms with van der Waals surface area (Å²) in [6.45, 7) is 1.85. The standard InChI is InChI=1S/C14H13N5O3S/c1-8-6-10(16-18(8)3)13(20)15-14-17(2)11-7-9(19(21)22)4-5-12(11)23-14/h4-7H,1-3H3. The van der Waals surface area contributed by atoms with Crippen LogP contribution < -0.4 is 4.80 Å². The van der Waals surface area contributed by atoms with Gasteiger partial charge in [-0.05, 0) is 19.1 Å². The van der Waals surface area contributed by atoms with E-state index in [1.54, 1.807) is 35.5 Å². The highest BCUT2D eigenvalue weighted by Gasteiger charge is 2.13. The van der Waals surface area contributed by atoms with Gasteiger partial charge in [0.15, 0.2) is 10.5 Å². The van der Waals surface area contributed by atoms with E-state index in [-0.39, 0.29) is 11.4 Å². The number of hydrogen-bond donors (Lipinski definition) is 0. The molecule has 0 unspecified atom stereocenters. The molecule has 3 rings (SSSR count). The summed E-state index contributed by atoms with van der Waals surface area (Å²) in [5.41, 5.74) is 1.80. The summed E-state index contributed by atoms with van der Waals surface area (Å²) in [5.74, 6) is -0.439. The Labute approximate surface area is 134 Å². The lowest BCUT2D eigenvalue weighted by molar-refractivity contribution is -0.384. The summed E-state index contributed by atoms with van der Waals surface area (Å²) in [4.78, 5) is 27.2. The minimum atomic E-state index is -0.449. The number of thiazole rings is 1. The third-order valence-corrected chi connectivity index (χ3v) is 4.65. The summed E-state index contributed by atoms with van der Waals surface area (Å²) >= 11 is 1.30. The van der Waals surface area contributed by atoms with E-state index in [2.05, 4.69) is 10.1 Å². The Morgan fingerprint density at radius 2 is 2.09 bits per heavy atom. The fourth-order valence-electron chi connectivity index (χ4n) is 2.14. The predicted octanol–water partition coefficient (Wildman–Crippen LogP) is 1.93. The van der Waals surface area contributed by atoms with Crippen LogP contribution in [0.3, 0.4) is 0 Å². The fourth-order valence-corrected chi connectivity index (χ4v) is 3.14. The minimum Gasteiger partial charge on any atom is -0.319 e. The van der Waals surface area contributed by atoms with Crippen molar-refractivity contribution in [2.75, 3.05) is 0 Å². The van der Waals surface area contributed by atoms with Crippen LogP contribution in [0.15, 0.2) is 29.3 Å². The second kappa shape index (κ2) is 5.43. The van der Waals surface area contributed by atoms with E-state index in [1.165, 1.54) is 23.5 Å². The zero-order chi connectivity index (χ0) is 16.7. The van der Waals surface area contributed by atoms with Crippen LogP contribution in [-0.2, 0) is 14.1 Å². The number of aryl methyl sites for hydroxylation is 3. The number of carbonyl (C=O) groups is 1. The summed E-state index contributed by atoms with van der Waals surface area (Å²) in [5, 5.41) is 15.0. The second-order valence-electron chi connectivity index (χ2n) is 5.06. The molecule has 0 fully saturated rings. The zero-order valence-electron chi connectivity index (χ0n) is 12.7. The molecule has 23 heavy (non-hydrogen) atoms. The van der Waals surface area contributed by atoms with Crippen molar-refractivity contribution < 1.29 is 9.72 Å². The zero-order valence-corrected chi connectivity index (χ0v) is 13.5. The Morgan fingerprint density at radius 3 is 2.70 bits per heavy atom. The molecular formula is C14H13N5O3S. The molecular weight excluding hydrogens is 318 g/mol. The largest absolute Gasteiger partial charge is 0.319 e. The molecule has 3 aromatic rings. The van der Waals surface area contributed by atoms with E-state index in [9.17, 15) is 14.9 Å². The first-order chi connectivity index (χ1) is 10.9. The first kappa shape index (κ1) is 15.1. The average molecular weight is 331 g/mol. The number of nitrogens with zero attached hydrogens (tertiary/aromatic N) is 5. The fraction of sp³-hybridized carbons (Fsp3) is 0.214. The summed E-state index contributed by atoms with van der Waals surface area (Å²) in [7, 11) is 3.48. The van der Waals surface area contributed by atoms with Crippen LogP contribution in [-0.4, -0.2) is 25.2 Å². The summed E-state index contributed by atoms with van der Waals surface area (Å²) < 4.78 is 4.10. The smallest absolute Gasteiger partial charge is 0.300 e. The van der Waals surface area contributed by atoms with Gasteiger partial charge in [0.25, 0.3) is 11.6 Å². The Kier molecular flexibility index (Phi) is 3.57. The first-order valence-electron chi connectivity index (χ1n) is 6.70. The minimum absolute atomic E-state index is 0.00382. The van der Waals surface area contributed by atoms with Crippen LogP contribution in [0.2, 0.25) is 0 Å². The third-order valence-electron chi connectivity index (χ3n) is 3.53. The average Bonchev–Trinajstić information content (AvgIpc) is 3.00. The number of carbonyl (C=O) groups excluding carboxylic acids is 1. The van der Waals surface area contributed by atoms with E-state index in [4.69, 9.17) is 0 Å². The van der Waals surface area contributed by atoms with E-state index in [1.807, 2.05) is 6.92 Å². The highest BCUT2D eigenvalue weighted by Crippen LogP contribution is 2.22. The molecule has 0 N–H and O–H groups in total. The van der Waals surface area contributed by atoms with Gasteiger partial charge in [0, 0.05) is 31.9 Å². The quantitative estimate of drug-likeness (QED) is 0.529. The van der Waals surface area contributed by atoms with Crippen LogP contribution in [0, 0.1) is 17.0 Å². The molecule has 0 aliphatic carbocycles. The van der Waals surface area contributed by atoms with Gasteiger partial charge in [-0.2, -0.15) is 10.1 Å². The highest BCUT2D eigenvalue weighted by atomic mass is 32.1. The van der Waals surface area contributed by atoms with E-state index in [0.717, 1.165) is 10.4 Å². The van der Waals surface area contributed by atoms with Crippen molar-refractivity contribution in [1.29, 1.82) is 0 Å². The molecule has 0 atom stereocenters. The molecule has 0 radical (unpaired) electrons. The highest BCUT2D eigenvalue weighted by molar-refractivity contribution is 7.16. The van der Waals surface area contributed by atoms with E-state index >= 15 is 0 Å². The molecule has 1 aromatic carbocycles. The van der Waals surface area contributed by atoms with Crippen LogP contribution in [0.25, 0.3) is 10.2 Å². The lowest BCUT2D eigenvalue weighted by Crippen LogP contribution is -2.13. The Morgan fingerprint density at radius 1 is 1.35 bits per heavy atom. The number of hydrogen-bond acceptors (Lipinski definition) is 5. The molecule has 0 saturated carbocycles. The summed E-state index contributed by atoms with van der Waals surface area (Å²) in [6.07, 6.45) is 0. The van der Waals surface area contributed by atoms with Crippen molar-refractivity contribution in [3.05, 3.63) is 50.6 Å². The number of fused-ring (bicyclic) bond motifs is 1. The molecule has 2 aromatic heterocycles. The second-order valence-corrected chi connectivity index (χ2v) is 6.07. The van der Waals surface area contributed by atoms with Gasteiger partial charge in [0.2, 0.25) is 0 Å². The topological polar surface area (TPSA) is 95.3 Å². The van der Waals surface area contributed by atoms with Gasteiger partial charge >= 0.3 is 0 Å². The Bertz CT molecular complexity index is 992. The summed E-state index contributed by atoms with van der Waals surface area (Å²) in [6, 6.07) is 6.24. The maximum absolute atomic E-state index is 12.2. The monoisotopic (exact) mass is 331 g/mol. The number of nitro benzene ring substituents is 1. The van der Waals surface area contributed by atoms with E-state index in [0.29, 0.717) is 10.3 Å². The van der Waals surface area contributed by atoms with Crippen molar-refractivity contribution >= 4 is 33.1 Å². The van der Waals surface area contributed by atoms with Crippen molar-refractivity contribution in [1.82, 2.24) is 14.3 Å². The van der Waals surface area contributed by atoms with Gasteiger partial charge in [-0.1, -0.05) is 11.3 Å². The van der Waals surface area contributed by atoms with Crippen LogP contribution >= 0.6 is 11.3 Å². The Hall–Kier alpha value is -2.81. The number of aromatic nitrogens is 3. The van der Waals surface area contributed by atoms with Gasteiger partial charge in [0.1, 0.15) is 0 Å². The molecule has 118 valence electrons. The number of rotatable bonds is 2. The maximum atomic E-state index is 12.2. The molecule has 0 aliphatic heterocycles. The van der Waals surface area contributed by atoms with Crippen molar-refractivity contribution in [2.24, 2.45) is 19.1 Å². The Balaban J connectivity index is 2.10. The molecule has 0 aliphatic rings. The lowest BCUT2D eigenvalue weighted by Gasteiger charge is -1.95. The first-order valence-corrected chi connectivity index (χ1v) is 7.52. The normalized spacial score (nSPS) is 12.0. The predicted molar refractivity (Wildman–Crippen MR) is 85.3 cm³/mol. The van der Waals surface area contributed by atoms with Crippen LogP contribution in [0.1, 0.15) is 16.2 Å². The molecule has 0 saturated heterocycles. The maximum Gasteiger partial charge on any atom is 0.300 e. The van der Waals surface area contributed by atoms with Crippen molar-refractivity contribution in [2.45, 2.75) is 6.92 Å². The van der Waals surface area contributed by atoms with Crippen molar-refractivity contribution in [3.8, 4) is 0 Å².